The molecule has 6 atom stereocenters. The standard InChI is InChI=1S/C37H43N3O4/c1-23(41)44-27-14-16-36(2)25(19-27)10-12-28-29(36)15-17-37(3)30(28)18-24(21-38-26-11-13-33(42-4)34(20-26)43-5)35(37)40-22-39-31-8-6-7-9-32(31)40/h6-11,13,20-22,27-30H,12,14-19H2,1-5H3/b38-21-/t27?,28-,29+,30+,36+,37+/m1/s1. The normalized spacial score (nSPS) is 31.3. The number of benzene rings is 2. The molecule has 1 heterocycles. The first-order valence-electron chi connectivity index (χ1n) is 16.0. The summed E-state index contributed by atoms with van der Waals surface area (Å²) in [6, 6.07) is 14.3. The van der Waals surface area contributed by atoms with Crippen LogP contribution in [0.1, 0.15) is 65.7 Å². The average Bonchev–Trinajstić information content (AvgIpc) is 3.57. The molecule has 2 aromatic carbocycles. The van der Waals surface area contributed by atoms with E-state index >= 15 is 0 Å². The highest BCUT2D eigenvalue weighted by Gasteiger charge is 2.58. The molecule has 2 fully saturated rings. The van der Waals surface area contributed by atoms with Crippen molar-refractivity contribution in [2.75, 3.05) is 14.2 Å². The van der Waals surface area contributed by atoms with E-state index in [1.165, 1.54) is 30.2 Å². The summed E-state index contributed by atoms with van der Waals surface area (Å²) in [5.41, 5.74) is 7.31. The summed E-state index contributed by atoms with van der Waals surface area (Å²) in [6.07, 6.45) is 14.0. The van der Waals surface area contributed by atoms with Gasteiger partial charge in [-0.2, -0.15) is 0 Å². The number of allylic oxidation sites excluding steroid dienone is 3. The average molecular weight is 594 g/mol. The van der Waals surface area contributed by atoms with E-state index in [4.69, 9.17) is 24.2 Å². The Balaban J connectivity index is 1.27. The van der Waals surface area contributed by atoms with E-state index in [-0.39, 0.29) is 22.9 Å². The number of para-hydroxylation sites is 2. The number of nitrogens with zero attached hydrogens (tertiary/aromatic N) is 3. The Kier molecular flexibility index (Phi) is 7.18. The minimum absolute atomic E-state index is 0.000234. The molecule has 44 heavy (non-hydrogen) atoms. The minimum atomic E-state index is -0.166. The molecule has 230 valence electrons. The van der Waals surface area contributed by atoms with Gasteiger partial charge in [-0.3, -0.25) is 9.79 Å². The first-order chi connectivity index (χ1) is 21.2. The second-order valence-electron chi connectivity index (χ2n) is 13.7. The number of ether oxygens (including phenoxy) is 3. The number of hydrogen-bond acceptors (Lipinski definition) is 6. The largest absolute Gasteiger partial charge is 0.493 e. The maximum absolute atomic E-state index is 11.7. The number of hydrogen-bond donors (Lipinski definition) is 0. The van der Waals surface area contributed by atoms with E-state index in [0.717, 1.165) is 55.2 Å². The lowest BCUT2D eigenvalue weighted by molar-refractivity contribution is -0.148. The molecule has 7 nitrogen and oxygen atoms in total. The predicted molar refractivity (Wildman–Crippen MR) is 173 cm³/mol. The van der Waals surface area contributed by atoms with Gasteiger partial charge in [0, 0.05) is 36.7 Å². The maximum Gasteiger partial charge on any atom is 0.302 e. The van der Waals surface area contributed by atoms with Crippen molar-refractivity contribution in [3.05, 3.63) is 66.0 Å². The van der Waals surface area contributed by atoms with E-state index in [1.807, 2.05) is 24.5 Å². The second kappa shape index (κ2) is 10.9. The zero-order valence-corrected chi connectivity index (χ0v) is 26.5. The SMILES string of the molecule is COc1ccc(/N=C\C2=C(n3cnc4ccccc43)[C@@]3(C)CC[C@H]4[C@@H](CC=C5CC(OC(C)=O)CC[C@@]54C)[C@@H]3C2)cc1OC. The molecule has 2 saturated carbocycles. The summed E-state index contributed by atoms with van der Waals surface area (Å²) in [7, 11) is 3.30. The predicted octanol–water partition coefficient (Wildman–Crippen LogP) is 8.17. The Morgan fingerprint density at radius 3 is 2.59 bits per heavy atom. The number of methoxy groups -OCH3 is 2. The van der Waals surface area contributed by atoms with Crippen LogP contribution in [-0.4, -0.2) is 42.1 Å². The Bertz CT molecular complexity index is 1700. The van der Waals surface area contributed by atoms with Gasteiger partial charge in [-0.25, -0.2) is 4.98 Å². The van der Waals surface area contributed by atoms with Crippen LogP contribution in [0.25, 0.3) is 16.7 Å². The van der Waals surface area contributed by atoms with Crippen LogP contribution in [0.5, 0.6) is 11.5 Å². The van der Waals surface area contributed by atoms with E-state index in [1.54, 1.807) is 14.2 Å². The summed E-state index contributed by atoms with van der Waals surface area (Å²) in [6.45, 7) is 6.52. The van der Waals surface area contributed by atoms with Crippen molar-refractivity contribution in [3.8, 4) is 11.5 Å². The fourth-order valence-corrected chi connectivity index (χ4v) is 9.39. The summed E-state index contributed by atoms with van der Waals surface area (Å²) >= 11 is 0. The number of imidazole rings is 1. The molecule has 1 unspecified atom stereocenters. The number of carbonyl (C=O) groups excluding carboxylic acids is 1. The number of carbonyl (C=O) groups is 1. The zero-order chi connectivity index (χ0) is 30.6. The van der Waals surface area contributed by atoms with E-state index in [2.05, 4.69) is 55.0 Å². The van der Waals surface area contributed by atoms with Crippen LogP contribution in [-0.2, 0) is 9.53 Å². The Morgan fingerprint density at radius 1 is 1.00 bits per heavy atom. The topological polar surface area (TPSA) is 74.9 Å². The number of fused-ring (bicyclic) bond motifs is 6. The summed E-state index contributed by atoms with van der Waals surface area (Å²) in [5.74, 6) is 2.92. The molecule has 4 aliphatic rings. The zero-order valence-electron chi connectivity index (χ0n) is 26.5. The van der Waals surface area contributed by atoms with Gasteiger partial charge in [-0.15, -0.1) is 0 Å². The van der Waals surface area contributed by atoms with Crippen molar-refractivity contribution in [2.24, 2.45) is 33.6 Å². The Morgan fingerprint density at radius 2 is 1.80 bits per heavy atom. The van der Waals surface area contributed by atoms with Crippen LogP contribution in [0.4, 0.5) is 5.69 Å². The van der Waals surface area contributed by atoms with Gasteiger partial charge in [-0.1, -0.05) is 37.6 Å². The third-order valence-electron chi connectivity index (χ3n) is 11.5. The lowest BCUT2D eigenvalue weighted by Crippen LogP contribution is -2.50. The van der Waals surface area contributed by atoms with Crippen LogP contribution in [0.15, 0.2) is 71.0 Å². The molecule has 7 rings (SSSR count). The fraction of sp³-hybridized carbons (Fsp3) is 0.486. The molecule has 1 aromatic heterocycles. The molecular weight excluding hydrogens is 550 g/mol. The van der Waals surface area contributed by atoms with Crippen LogP contribution in [0, 0.1) is 28.6 Å². The van der Waals surface area contributed by atoms with Gasteiger partial charge in [0.15, 0.2) is 11.5 Å². The van der Waals surface area contributed by atoms with Gasteiger partial charge in [0.1, 0.15) is 12.4 Å². The van der Waals surface area contributed by atoms with Crippen LogP contribution < -0.4 is 9.47 Å². The fourth-order valence-electron chi connectivity index (χ4n) is 9.39. The molecule has 0 amide bonds. The first kappa shape index (κ1) is 28.9. The molecule has 0 radical (unpaired) electrons. The van der Waals surface area contributed by atoms with Gasteiger partial charge in [0.2, 0.25) is 0 Å². The second-order valence-corrected chi connectivity index (χ2v) is 13.7. The Labute approximate surface area is 260 Å². The van der Waals surface area contributed by atoms with Gasteiger partial charge >= 0.3 is 5.97 Å². The number of aromatic nitrogens is 2. The molecule has 0 spiro atoms. The van der Waals surface area contributed by atoms with Crippen LogP contribution in [0.3, 0.4) is 0 Å². The van der Waals surface area contributed by atoms with E-state index < -0.39 is 0 Å². The number of esters is 1. The molecule has 4 aliphatic carbocycles. The molecule has 0 bridgehead atoms. The first-order valence-corrected chi connectivity index (χ1v) is 16.0. The quantitative estimate of drug-likeness (QED) is 0.164. The number of aliphatic imine (C=N–C) groups is 1. The third kappa shape index (κ3) is 4.58. The van der Waals surface area contributed by atoms with Crippen LogP contribution in [0.2, 0.25) is 0 Å². The highest BCUT2D eigenvalue weighted by Crippen LogP contribution is 2.67. The molecule has 0 N–H and O–H groups in total. The van der Waals surface area contributed by atoms with Gasteiger partial charge < -0.3 is 18.8 Å². The summed E-state index contributed by atoms with van der Waals surface area (Å²) in [5, 5.41) is 0. The lowest BCUT2D eigenvalue weighted by Gasteiger charge is -2.57. The molecule has 3 aromatic rings. The summed E-state index contributed by atoms with van der Waals surface area (Å²) < 4.78 is 19.0. The molecular formula is C37H43N3O4. The van der Waals surface area contributed by atoms with Crippen LogP contribution >= 0.6 is 0 Å². The van der Waals surface area contributed by atoms with Crippen molar-refractivity contribution < 1.29 is 19.0 Å². The van der Waals surface area contributed by atoms with E-state index in [9.17, 15) is 4.79 Å². The smallest absolute Gasteiger partial charge is 0.302 e. The van der Waals surface area contributed by atoms with Gasteiger partial charge in [-0.05, 0) is 91.5 Å². The monoisotopic (exact) mass is 593 g/mol. The lowest BCUT2D eigenvalue weighted by atomic mass is 9.47. The molecule has 0 saturated heterocycles. The highest BCUT2D eigenvalue weighted by molar-refractivity contribution is 5.93. The van der Waals surface area contributed by atoms with Crippen molar-refractivity contribution in [3.63, 3.8) is 0 Å². The maximum atomic E-state index is 11.7. The van der Waals surface area contributed by atoms with Gasteiger partial charge in [0.05, 0.1) is 30.9 Å². The van der Waals surface area contributed by atoms with Gasteiger partial charge in [0.25, 0.3) is 0 Å². The van der Waals surface area contributed by atoms with Crippen molar-refractivity contribution in [1.29, 1.82) is 0 Å². The number of rotatable bonds is 6. The molecule has 7 heteroatoms. The minimum Gasteiger partial charge on any atom is -0.493 e. The van der Waals surface area contributed by atoms with Crippen molar-refractivity contribution in [2.45, 2.75) is 71.8 Å². The van der Waals surface area contributed by atoms with E-state index in [0.29, 0.717) is 29.3 Å². The third-order valence-corrected chi connectivity index (χ3v) is 11.5. The summed E-state index contributed by atoms with van der Waals surface area (Å²) in [4.78, 5) is 21.5. The highest BCUT2D eigenvalue weighted by atomic mass is 16.5. The Hall–Kier alpha value is -3.87. The van der Waals surface area contributed by atoms with Crippen molar-refractivity contribution in [1.82, 2.24) is 9.55 Å². The molecule has 0 aliphatic heterocycles. The van der Waals surface area contributed by atoms with Crippen molar-refractivity contribution >= 4 is 34.6 Å².